The third-order valence-corrected chi connectivity index (χ3v) is 2.56. The minimum absolute atomic E-state index is 0.0433. The summed E-state index contributed by atoms with van der Waals surface area (Å²) in [6, 6.07) is 7.88. The minimum atomic E-state index is -0.332. The molecule has 1 rings (SSSR count). The van der Waals surface area contributed by atoms with Crippen molar-refractivity contribution in [2.45, 2.75) is 12.9 Å². The van der Waals surface area contributed by atoms with Gasteiger partial charge in [0.05, 0.1) is 33.0 Å². The summed E-state index contributed by atoms with van der Waals surface area (Å²) in [5.74, 6) is 0. The zero-order chi connectivity index (χ0) is 13.9. The molecule has 1 aromatic carbocycles. The molecule has 0 aliphatic heterocycles. The van der Waals surface area contributed by atoms with E-state index in [1.165, 1.54) is 0 Å². The van der Waals surface area contributed by atoms with E-state index in [9.17, 15) is 0 Å². The Morgan fingerprint density at radius 2 is 1.58 bits per heavy atom. The maximum absolute atomic E-state index is 8.53. The van der Waals surface area contributed by atoms with Crippen LogP contribution in [0.3, 0.4) is 0 Å². The van der Waals surface area contributed by atoms with Gasteiger partial charge in [-0.1, -0.05) is 24.3 Å². The molecule has 0 radical (unpaired) electrons. The summed E-state index contributed by atoms with van der Waals surface area (Å²) in [7, 11) is 3.22. The molecule has 5 nitrogen and oxygen atoms in total. The van der Waals surface area contributed by atoms with Gasteiger partial charge in [0.2, 0.25) is 0 Å². The Bertz CT molecular complexity index is 321. The van der Waals surface area contributed by atoms with E-state index in [2.05, 4.69) is 0 Å². The van der Waals surface area contributed by atoms with Crippen LogP contribution in [-0.2, 0) is 25.6 Å². The molecule has 19 heavy (non-hydrogen) atoms. The van der Waals surface area contributed by atoms with E-state index in [1.54, 1.807) is 14.2 Å². The first-order valence-corrected chi connectivity index (χ1v) is 6.22. The van der Waals surface area contributed by atoms with Crippen LogP contribution in [0.1, 0.15) is 17.4 Å². The minimum Gasteiger partial charge on any atom is -0.394 e. The predicted octanol–water partition coefficient (Wildman–Crippen LogP) is 1.50. The lowest BCUT2D eigenvalue weighted by Crippen LogP contribution is -2.07. The first kappa shape index (κ1) is 16.1. The molecule has 0 heterocycles. The molecule has 0 saturated carbocycles. The molecule has 1 aromatic rings. The first-order valence-electron chi connectivity index (χ1n) is 6.22. The van der Waals surface area contributed by atoms with Crippen molar-refractivity contribution in [1.82, 2.24) is 0 Å². The number of ether oxygens (including phenoxy) is 4. The molecule has 0 saturated heterocycles. The van der Waals surface area contributed by atoms with Crippen LogP contribution in [-0.4, -0.2) is 45.8 Å². The molecule has 108 valence electrons. The molecule has 1 N–H and O–H groups in total. The summed E-state index contributed by atoms with van der Waals surface area (Å²) in [6.07, 6.45) is -0.332. The molecule has 0 atom stereocenters. The highest BCUT2D eigenvalue weighted by Gasteiger charge is 2.07. The quantitative estimate of drug-likeness (QED) is 0.516. The van der Waals surface area contributed by atoms with Gasteiger partial charge in [0.25, 0.3) is 0 Å². The van der Waals surface area contributed by atoms with Crippen molar-refractivity contribution < 1.29 is 24.1 Å². The average molecular weight is 270 g/mol. The van der Waals surface area contributed by atoms with Crippen LogP contribution in [0.5, 0.6) is 0 Å². The van der Waals surface area contributed by atoms with E-state index in [-0.39, 0.29) is 12.9 Å². The van der Waals surface area contributed by atoms with E-state index in [1.807, 2.05) is 24.3 Å². The molecule has 0 fully saturated rings. The molecule has 0 spiro atoms. The number of methoxy groups -OCH3 is 2. The van der Waals surface area contributed by atoms with E-state index >= 15 is 0 Å². The Morgan fingerprint density at radius 1 is 0.947 bits per heavy atom. The Hall–Kier alpha value is -0.980. The molecular weight excluding hydrogens is 248 g/mol. The van der Waals surface area contributed by atoms with Crippen LogP contribution < -0.4 is 0 Å². The summed E-state index contributed by atoms with van der Waals surface area (Å²) < 4.78 is 20.9. The van der Waals surface area contributed by atoms with Gasteiger partial charge in [0.15, 0.2) is 6.29 Å². The standard InChI is InChI=1S/C14H22O5/c1-16-14(17-2)13-5-3-12(4-6-13)11-19-10-9-18-8-7-15/h3-6,14-15H,7-11H2,1-2H3. The summed E-state index contributed by atoms with van der Waals surface area (Å²) in [4.78, 5) is 0. The highest BCUT2D eigenvalue weighted by atomic mass is 16.7. The van der Waals surface area contributed by atoms with Crippen LogP contribution in [0.4, 0.5) is 0 Å². The second kappa shape index (κ2) is 9.89. The normalized spacial score (nSPS) is 11.2. The molecule has 0 aromatic heterocycles. The largest absolute Gasteiger partial charge is 0.394 e. The predicted molar refractivity (Wildman–Crippen MR) is 70.8 cm³/mol. The van der Waals surface area contributed by atoms with Crippen LogP contribution in [0.15, 0.2) is 24.3 Å². The third kappa shape index (κ3) is 6.13. The summed E-state index contributed by atoms with van der Waals surface area (Å²) in [5.41, 5.74) is 2.05. The molecule has 5 heteroatoms. The van der Waals surface area contributed by atoms with E-state index in [0.29, 0.717) is 26.4 Å². The van der Waals surface area contributed by atoms with Gasteiger partial charge in [-0.2, -0.15) is 0 Å². The van der Waals surface area contributed by atoms with Gasteiger partial charge < -0.3 is 24.1 Å². The molecule has 0 bridgehead atoms. The zero-order valence-electron chi connectivity index (χ0n) is 11.5. The highest BCUT2D eigenvalue weighted by Crippen LogP contribution is 2.17. The Balaban J connectivity index is 2.28. The van der Waals surface area contributed by atoms with E-state index in [4.69, 9.17) is 24.1 Å². The average Bonchev–Trinajstić information content (AvgIpc) is 2.45. The van der Waals surface area contributed by atoms with Gasteiger partial charge in [-0.15, -0.1) is 0 Å². The van der Waals surface area contributed by atoms with Crippen molar-refractivity contribution >= 4 is 0 Å². The number of rotatable bonds is 10. The van der Waals surface area contributed by atoms with Crippen LogP contribution in [0, 0.1) is 0 Å². The van der Waals surface area contributed by atoms with Crippen molar-refractivity contribution in [2.24, 2.45) is 0 Å². The lowest BCUT2D eigenvalue weighted by Gasteiger charge is -2.14. The van der Waals surface area contributed by atoms with Crippen molar-refractivity contribution in [3.63, 3.8) is 0 Å². The number of aliphatic hydroxyl groups excluding tert-OH is 1. The second-order valence-corrected chi connectivity index (χ2v) is 3.93. The van der Waals surface area contributed by atoms with Gasteiger partial charge in [0.1, 0.15) is 0 Å². The molecule has 0 aliphatic carbocycles. The zero-order valence-corrected chi connectivity index (χ0v) is 11.5. The van der Waals surface area contributed by atoms with Crippen molar-refractivity contribution in [3.05, 3.63) is 35.4 Å². The lowest BCUT2D eigenvalue weighted by atomic mass is 10.1. The molecule has 0 amide bonds. The maximum Gasteiger partial charge on any atom is 0.183 e. The fourth-order valence-corrected chi connectivity index (χ4v) is 1.61. The fraction of sp³-hybridized carbons (Fsp3) is 0.571. The Morgan fingerprint density at radius 3 is 2.16 bits per heavy atom. The van der Waals surface area contributed by atoms with E-state index in [0.717, 1.165) is 11.1 Å². The van der Waals surface area contributed by atoms with Crippen LogP contribution in [0.2, 0.25) is 0 Å². The van der Waals surface area contributed by atoms with E-state index < -0.39 is 0 Å². The van der Waals surface area contributed by atoms with Crippen LogP contribution in [0.25, 0.3) is 0 Å². The van der Waals surface area contributed by atoms with Crippen molar-refractivity contribution in [1.29, 1.82) is 0 Å². The summed E-state index contributed by atoms with van der Waals surface area (Å²) >= 11 is 0. The van der Waals surface area contributed by atoms with Gasteiger partial charge in [-0.05, 0) is 5.56 Å². The number of hydrogen-bond donors (Lipinski definition) is 1. The SMILES string of the molecule is COC(OC)c1ccc(COCCOCCO)cc1. The van der Waals surface area contributed by atoms with Gasteiger partial charge >= 0.3 is 0 Å². The number of benzene rings is 1. The second-order valence-electron chi connectivity index (χ2n) is 3.93. The fourth-order valence-electron chi connectivity index (χ4n) is 1.61. The van der Waals surface area contributed by atoms with Gasteiger partial charge in [-0.25, -0.2) is 0 Å². The Kier molecular flexibility index (Phi) is 8.36. The smallest absolute Gasteiger partial charge is 0.183 e. The number of aliphatic hydroxyl groups is 1. The molecule has 0 unspecified atom stereocenters. The highest BCUT2D eigenvalue weighted by molar-refractivity contribution is 5.22. The number of hydrogen-bond acceptors (Lipinski definition) is 5. The monoisotopic (exact) mass is 270 g/mol. The van der Waals surface area contributed by atoms with Crippen molar-refractivity contribution in [2.75, 3.05) is 40.6 Å². The maximum atomic E-state index is 8.53. The van der Waals surface area contributed by atoms with Crippen molar-refractivity contribution in [3.8, 4) is 0 Å². The van der Waals surface area contributed by atoms with Gasteiger partial charge in [-0.3, -0.25) is 0 Å². The lowest BCUT2D eigenvalue weighted by molar-refractivity contribution is -0.106. The summed E-state index contributed by atoms with van der Waals surface area (Å²) in [5, 5.41) is 8.53. The molecule has 0 aliphatic rings. The Labute approximate surface area is 114 Å². The molecular formula is C14H22O5. The van der Waals surface area contributed by atoms with Gasteiger partial charge in [0, 0.05) is 19.8 Å². The first-order chi connectivity index (χ1) is 9.31. The van der Waals surface area contributed by atoms with Crippen LogP contribution >= 0.6 is 0 Å². The summed E-state index contributed by atoms with van der Waals surface area (Å²) in [6.45, 7) is 1.94. The topological polar surface area (TPSA) is 57.2 Å². The third-order valence-electron chi connectivity index (χ3n) is 2.56.